The number of benzene rings is 2. The van der Waals surface area contributed by atoms with Gasteiger partial charge in [-0.1, -0.05) is 41.6 Å². The molecule has 0 aliphatic carbocycles. The molecule has 0 bridgehead atoms. The number of amides is 1. The van der Waals surface area contributed by atoms with Gasteiger partial charge in [0, 0.05) is 36.9 Å². The fourth-order valence-electron chi connectivity index (χ4n) is 3.88. The Labute approximate surface area is 223 Å². The Kier molecular flexibility index (Phi) is 7.98. The van der Waals surface area contributed by atoms with Crippen molar-refractivity contribution in [1.82, 2.24) is 20.0 Å². The Morgan fingerprint density at radius 3 is 2.40 bits per heavy atom. The minimum atomic E-state index is -5.08. The Bertz CT molecular complexity index is 1520. The summed E-state index contributed by atoms with van der Waals surface area (Å²) in [5, 5.41) is 11.9. The monoisotopic (exact) mass is 564 g/mol. The maximum atomic E-state index is 14.7. The predicted octanol–water partition coefficient (Wildman–Crippen LogP) is 5.16. The van der Waals surface area contributed by atoms with Gasteiger partial charge in [-0.25, -0.2) is 18.6 Å². The quantitative estimate of drug-likeness (QED) is 0.338. The zero-order chi connectivity index (χ0) is 29.1. The van der Waals surface area contributed by atoms with Gasteiger partial charge in [0.25, 0.3) is 11.8 Å². The van der Waals surface area contributed by atoms with Crippen molar-refractivity contribution in [3.05, 3.63) is 72.1 Å². The lowest BCUT2D eigenvalue weighted by atomic mass is 10.0. The fraction of sp³-hybridized carbons (Fsp3) is 0.269. The van der Waals surface area contributed by atoms with Crippen molar-refractivity contribution in [1.29, 1.82) is 0 Å². The third-order valence-corrected chi connectivity index (χ3v) is 5.86. The van der Waals surface area contributed by atoms with Crippen molar-refractivity contribution in [3.8, 4) is 17.3 Å². The van der Waals surface area contributed by atoms with E-state index in [9.17, 15) is 26.7 Å². The number of ether oxygens (including phenoxy) is 1. The van der Waals surface area contributed by atoms with E-state index >= 15 is 0 Å². The Balaban J connectivity index is 0.000000470. The van der Waals surface area contributed by atoms with E-state index in [-0.39, 0.29) is 24.8 Å². The van der Waals surface area contributed by atoms with Crippen LogP contribution in [0.4, 0.5) is 22.0 Å². The number of nitrogens with zero attached hydrogens (tertiary/aromatic N) is 4. The maximum Gasteiger partial charge on any atom is 0.490 e. The number of halogens is 5. The second-order valence-electron chi connectivity index (χ2n) is 8.70. The molecule has 1 aliphatic rings. The molecule has 40 heavy (non-hydrogen) atoms. The van der Waals surface area contributed by atoms with Crippen LogP contribution in [0, 0.1) is 6.92 Å². The van der Waals surface area contributed by atoms with Crippen LogP contribution in [0.1, 0.15) is 22.7 Å². The van der Waals surface area contributed by atoms with Crippen LogP contribution in [0.5, 0.6) is 5.88 Å². The Morgan fingerprint density at radius 2 is 1.73 bits per heavy atom. The molecule has 2 aromatic heterocycles. The zero-order valence-corrected chi connectivity index (χ0v) is 20.7. The van der Waals surface area contributed by atoms with Gasteiger partial charge < -0.3 is 19.3 Å². The molecule has 14 heteroatoms. The molecule has 9 nitrogen and oxygen atoms in total. The second-order valence-corrected chi connectivity index (χ2v) is 8.70. The number of hydrogen-bond acceptors (Lipinski definition) is 7. The number of piperidine rings is 1. The summed E-state index contributed by atoms with van der Waals surface area (Å²) in [6.45, 7) is 1.27. The lowest BCUT2D eigenvalue weighted by Gasteiger charge is -2.38. The average molecular weight is 564 g/mol. The van der Waals surface area contributed by atoms with Gasteiger partial charge in [-0.15, -0.1) is 0 Å². The number of hydrogen-bond donors (Lipinski definition) is 1. The van der Waals surface area contributed by atoms with Crippen LogP contribution in [0.3, 0.4) is 0 Å². The number of carboxylic acid groups (broad SMARTS) is 1. The van der Waals surface area contributed by atoms with Crippen LogP contribution in [-0.4, -0.2) is 68.3 Å². The van der Waals surface area contributed by atoms with E-state index in [1.54, 1.807) is 49.4 Å². The number of rotatable bonds is 4. The number of likely N-dealkylation sites (tertiary alicyclic amines) is 1. The van der Waals surface area contributed by atoms with Gasteiger partial charge in [-0.3, -0.25) is 4.79 Å². The van der Waals surface area contributed by atoms with Gasteiger partial charge in [-0.2, -0.15) is 18.2 Å². The van der Waals surface area contributed by atoms with Crippen LogP contribution < -0.4 is 4.74 Å². The highest BCUT2D eigenvalue weighted by Crippen LogP contribution is 2.33. The summed E-state index contributed by atoms with van der Waals surface area (Å²) in [5.74, 6) is -5.53. The van der Waals surface area contributed by atoms with E-state index in [2.05, 4.69) is 15.1 Å². The maximum absolute atomic E-state index is 14.7. The summed E-state index contributed by atoms with van der Waals surface area (Å²) in [4.78, 5) is 32.1. The average Bonchev–Trinajstić information content (AvgIpc) is 3.35. The molecular formula is C26H21F5N4O5. The highest BCUT2D eigenvalue weighted by atomic mass is 19.4. The minimum absolute atomic E-state index is 0.0929. The largest absolute Gasteiger partial charge is 0.490 e. The summed E-state index contributed by atoms with van der Waals surface area (Å²) >= 11 is 0. The van der Waals surface area contributed by atoms with Crippen LogP contribution in [0.25, 0.3) is 22.3 Å². The summed E-state index contributed by atoms with van der Waals surface area (Å²) in [6.07, 6.45) is -7.12. The third kappa shape index (κ3) is 6.50. The number of aromatic nitrogens is 3. The molecule has 3 heterocycles. The molecule has 210 valence electrons. The number of para-hydroxylation sites is 1. The van der Waals surface area contributed by atoms with E-state index in [1.807, 2.05) is 18.2 Å². The number of pyridine rings is 1. The fourth-order valence-corrected chi connectivity index (χ4v) is 3.88. The van der Waals surface area contributed by atoms with Gasteiger partial charge in [0.05, 0.1) is 17.6 Å². The molecule has 1 amide bonds. The molecular weight excluding hydrogens is 543 g/mol. The first-order valence-electron chi connectivity index (χ1n) is 11.7. The molecule has 1 N–H and O–H groups in total. The number of carbonyl (C=O) groups excluding carboxylic acids is 1. The lowest BCUT2D eigenvalue weighted by molar-refractivity contribution is -0.192. The highest BCUT2D eigenvalue weighted by molar-refractivity contribution is 6.00. The number of fused-ring (bicyclic) bond motifs is 1. The van der Waals surface area contributed by atoms with Crippen molar-refractivity contribution in [2.45, 2.75) is 31.5 Å². The molecule has 1 unspecified atom stereocenters. The van der Waals surface area contributed by atoms with Gasteiger partial charge >= 0.3 is 12.1 Å². The van der Waals surface area contributed by atoms with E-state index in [1.165, 1.54) is 4.90 Å². The first-order valence-corrected chi connectivity index (χ1v) is 11.7. The molecule has 0 saturated carbocycles. The molecule has 1 atom stereocenters. The SMILES string of the molecule is Cc1nc(-c2ccccc2C(=O)N2CCC(F)(F)C(Oc3ccc4ccccc4n3)C2)no1.O=C(O)C(F)(F)F. The molecule has 4 aromatic rings. The van der Waals surface area contributed by atoms with Crippen LogP contribution >= 0.6 is 0 Å². The first-order chi connectivity index (χ1) is 18.8. The number of aryl methyl sites for hydroxylation is 1. The van der Waals surface area contributed by atoms with Crippen molar-refractivity contribution in [2.75, 3.05) is 13.1 Å². The van der Waals surface area contributed by atoms with Gasteiger partial charge in [-0.05, 0) is 18.2 Å². The Morgan fingerprint density at radius 1 is 1.05 bits per heavy atom. The molecule has 5 rings (SSSR count). The Hall–Kier alpha value is -4.62. The highest BCUT2D eigenvalue weighted by Gasteiger charge is 2.47. The minimum Gasteiger partial charge on any atom is -0.475 e. The van der Waals surface area contributed by atoms with Gasteiger partial charge in [0.1, 0.15) is 0 Å². The van der Waals surface area contributed by atoms with E-state index < -0.39 is 36.5 Å². The molecule has 0 radical (unpaired) electrons. The smallest absolute Gasteiger partial charge is 0.475 e. The zero-order valence-electron chi connectivity index (χ0n) is 20.7. The van der Waals surface area contributed by atoms with E-state index in [4.69, 9.17) is 19.2 Å². The molecule has 1 aliphatic heterocycles. The lowest BCUT2D eigenvalue weighted by Crippen LogP contribution is -2.55. The van der Waals surface area contributed by atoms with E-state index in [0.717, 1.165) is 5.39 Å². The molecule has 1 fully saturated rings. The normalized spacial score (nSPS) is 16.6. The number of carbonyl (C=O) groups is 2. The number of aliphatic carboxylic acids is 1. The van der Waals surface area contributed by atoms with Crippen molar-refractivity contribution < 1.29 is 45.9 Å². The number of alkyl halides is 5. The van der Waals surface area contributed by atoms with Crippen LogP contribution in [0.2, 0.25) is 0 Å². The third-order valence-electron chi connectivity index (χ3n) is 5.86. The predicted molar refractivity (Wildman–Crippen MR) is 130 cm³/mol. The van der Waals surface area contributed by atoms with Gasteiger partial charge in [0.15, 0.2) is 6.10 Å². The number of carboxylic acids is 1. The first kappa shape index (κ1) is 28.4. The summed E-state index contributed by atoms with van der Waals surface area (Å²) in [5.41, 5.74) is 1.43. The van der Waals surface area contributed by atoms with Crippen molar-refractivity contribution >= 4 is 22.8 Å². The summed E-state index contributed by atoms with van der Waals surface area (Å²) in [6, 6.07) is 17.5. The molecule has 1 saturated heterocycles. The van der Waals surface area contributed by atoms with E-state index in [0.29, 0.717) is 22.5 Å². The topological polar surface area (TPSA) is 119 Å². The van der Waals surface area contributed by atoms with Crippen LogP contribution in [-0.2, 0) is 4.79 Å². The van der Waals surface area contributed by atoms with Gasteiger partial charge in [0.2, 0.25) is 17.6 Å². The summed E-state index contributed by atoms with van der Waals surface area (Å²) < 4.78 is 71.8. The molecule has 2 aromatic carbocycles. The van der Waals surface area contributed by atoms with Crippen molar-refractivity contribution in [3.63, 3.8) is 0 Å². The van der Waals surface area contributed by atoms with Crippen molar-refractivity contribution in [2.24, 2.45) is 0 Å². The summed E-state index contributed by atoms with van der Waals surface area (Å²) in [7, 11) is 0. The molecule has 0 spiro atoms. The second kappa shape index (κ2) is 11.2. The standard InChI is InChI=1S/C24H20F2N4O3.C2HF3O2/c1-15-27-22(29-33-15)17-7-3-4-8-18(17)23(31)30-13-12-24(25,26)20(14-30)32-21-11-10-16-6-2-5-9-19(16)28-21;3-2(4,5)1(6)7/h2-11,20H,12-14H2,1H3;(H,6,7). The van der Waals surface area contributed by atoms with Crippen LogP contribution in [0.15, 0.2) is 65.2 Å².